The van der Waals surface area contributed by atoms with Gasteiger partial charge in [-0.1, -0.05) is 20.8 Å². The molecule has 3 heteroatoms. The highest BCUT2D eigenvalue weighted by Crippen LogP contribution is 2.24. The third kappa shape index (κ3) is 2.10. The summed E-state index contributed by atoms with van der Waals surface area (Å²) in [5, 5.41) is 7.24. The zero-order valence-electron chi connectivity index (χ0n) is 8.96. The van der Waals surface area contributed by atoms with E-state index in [2.05, 4.69) is 25.8 Å². The normalized spacial score (nSPS) is 11.4. The molecule has 1 aromatic heterocycles. The Labute approximate surface area is 84.9 Å². The van der Waals surface area contributed by atoms with E-state index in [1.807, 2.05) is 12.1 Å². The number of nitrogens with zero attached hydrogens (tertiary/aromatic N) is 1. The highest BCUT2D eigenvalue weighted by Gasteiger charge is 2.19. The first kappa shape index (κ1) is 10.7. The van der Waals surface area contributed by atoms with Crippen molar-refractivity contribution in [3.8, 4) is 0 Å². The third-order valence-electron chi connectivity index (χ3n) is 2.65. The van der Waals surface area contributed by atoms with Gasteiger partial charge in [0, 0.05) is 22.9 Å². The van der Waals surface area contributed by atoms with Gasteiger partial charge in [0.2, 0.25) is 0 Å². The minimum absolute atomic E-state index is 0.0679. The van der Waals surface area contributed by atoms with Crippen LogP contribution in [0.3, 0.4) is 0 Å². The Morgan fingerprint density at radius 2 is 2.14 bits per heavy atom. The monoisotopic (exact) mass is 191 g/mol. The van der Waals surface area contributed by atoms with Crippen LogP contribution in [0, 0.1) is 5.41 Å². The summed E-state index contributed by atoms with van der Waals surface area (Å²) in [6, 6.07) is 3.79. The molecule has 76 valence electrons. The molecule has 0 unspecified atom stereocenters. The SMILES string of the molecule is CCC(C)(C)c1ccc(C(=N)N)cn1. The molecule has 1 aromatic rings. The molecular weight excluding hydrogens is 174 g/mol. The second-order valence-corrected chi connectivity index (χ2v) is 4.08. The van der Waals surface area contributed by atoms with E-state index < -0.39 is 0 Å². The first-order valence-corrected chi connectivity index (χ1v) is 4.78. The largest absolute Gasteiger partial charge is 0.384 e. The zero-order chi connectivity index (χ0) is 10.8. The lowest BCUT2D eigenvalue weighted by Gasteiger charge is -2.21. The Balaban J connectivity index is 2.99. The van der Waals surface area contributed by atoms with Gasteiger partial charge in [-0.15, -0.1) is 0 Å². The minimum atomic E-state index is 0.0679. The summed E-state index contributed by atoms with van der Waals surface area (Å²) >= 11 is 0. The van der Waals surface area contributed by atoms with Crippen LogP contribution < -0.4 is 5.73 Å². The van der Waals surface area contributed by atoms with Gasteiger partial charge in [-0.25, -0.2) is 0 Å². The second-order valence-electron chi connectivity index (χ2n) is 4.08. The van der Waals surface area contributed by atoms with E-state index in [1.54, 1.807) is 6.20 Å². The molecule has 3 nitrogen and oxygen atoms in total. The van der Waals surface area contributed by atoms with Crippen LogP contribution in [0.25, 0.3) is 0 Å². The maximum atomic E-state index is 7.24. The van der Waals surface area contributed by atoms with Crippen molar-refractivity contribution in [2.45, 2.75) is 32.6 Å². The van der Waals surface area contributed by atoms with Gasteiger partial charge in [0.1, 0.15) is 5.84 Å². The number of aromatic nitrogens is 1. The Morgan fingerprint density at radius 1 is 1.50 bits per heavy atom. The molecule has 0 aromatic carbocycles. The van der Waals surface area contributed by atoms with Gasteiger partial charge in [-0.05, 0) is 18.6 Å². The summed E-state index contributed by atoms with van der Waals surface area (Å²) in [4.78, 5) is 4.32. The molecule has 1 heterocycles. The smallest absolute Gasteiger partial charge is 0.124 e. The molecule has 3 N–H and O–H groups in total. The average molecular weight is 191 g/mol. The number of amidine groups is 1. The Morgan fingerprint density at radius 3 is 2.50 bits per heavy atom. The molecule has 0 bridgehead atoms. The number of hydrogen-bond donors (Lipinski definition) is 2. The molecule has 0 saturated heterocycles. The van der Waals surface area contributed by atoms with Gasteiger partial charge in [0.05, 0.1) is 0 Å². The molecule has 0 aliphatic rings. The lowest BCUT2D eigenvalue weighted by molar-refractivity contribution is 0.490. The van der Waals surface area contributed by atoms with Crippen molar-refractivity contribution in [1.29, 1.82) is 5.41 Å². The number of rotatable bonds is 3. The van der Waals surface area contributed by atoms with E-state index in [0.29, 0.717) is 5.56 Å². The third-order valence-corrected chi connectivity index (χ3v) is 2.65. The summed E-state index contributed by atoms with van der Waals surface area (Å²) in [5.74, 6) is 0.0679. The fourth-order valence-electron chi connectivity index (χ4n) is 1.13. The lowest BCUT2D eigenvalue weighted by atomic mass is 9.86. The van der Waals surface area contributed by atoms with Crippen LogP contribution in [0.5, 0.6) is 0 Å². The molecule has 0 radical (unpaired) electrons. The number of hydrogen-bond acceptors (Lipinski definition) is 2. The molecule has 0 spiro atoms. The first-order valence-electron chi connectivity index (χ1n) is 4.78. The van der Waals surface area contributed by atoms with Crippen molar-refractivity contribution >= 4 is 5.84 Å². The second kappa shape index (κ2) is 3.78. The summed E-state index contributed by atoms with van der Waals surface area (Å²) in [6.45, 7) is 6.45. The summed E-state index contributed by atoms with van der Waals surface area (Å²) in [6.07, 6.45) is 2.70. The van der Waals surface area contributed by atoms with Crippen molar-refractivity contribution in [2.75, 3.05) is 0 Å². The zero-order valence-corrected chi connectivity index (χ0v) is 8.96. The van der Waals surface area contributed by atoms with E-state index in [9.17, 15) is 0 Å². The summed E-state index contributed by atoms with van der Waals surface area (Å²) in [7, 11) is 0. The van der Waals surface area contributed by atoms with Crippen LogP contribution in [0.15, 0.2) is 18.3 Å². The standard InChI is InChI=1S/C11H17N3/c1-4-11(2,3)9-6-5-8(7-14-9)10(12)13/h5-7H,4H2,1-3H3,(H3,12,13). The predicted molar refractivity (Wildman–Crippen MR) is 58.6 cm³/mol. The highest BCUT2D eigenvalue weighted by atomic mass is 14.7. The Bertz CT molecular complexity index is 325. The minimum Gasteiger partial charge on any atom is -0.384 e. The summed E-state index contributed by atoms with van der Waals surface area (Å²) < 4.78 is 0. The molecule has 0 aliphatic carbocycles. The molecule has 0 fully saturated rings. The quantitative estimate of drug-likeness (QED) is 0.567. The maximum Gasteiger partial charge on any atom is 0.124 e. The van der Waals surface area contributed by atoms with Gasteiger partial charge in [0.15, 0.2) is 0 Å². The Hall–Kier alpha value is -1.38. The van der Waals surface area contributed by atoms with Crippen LogP contribution in [0.2, 0.25) is 0 Å². The molecule has 0 aliphatic heterocycles. The number of pyridine rings is 1. The van der Waals surface area contributed by atoms with Crippen molar-refractivity contribution in [3.05, 3.63) is 29.6 Å². The van der Waals surface area contributed by atoms with Gasteiger partial charge >= 0.3 is 0 Å². The molecule has 0 saturated carbocycles. The van der Waals surface area contributed by atoms with E-state index >= 15 is 0 Å². The number of nitrogens with one attached hydrogen (secondary N) is 1. The molecule has 14 heavy (non-hydrogen) atoms. The van der Waals surface area contributed by atoms with Gasteiger partial charge < -0.3 is 5.73 Å². The first-order chi connectivity index (χ1) is 6.47. The van der Waals surface area contributed by atoms with Crippen LogP contribution in [0.1, 0.15) is 38.4 Å². The fraction of sp³-hybridized carbons (Fsp3) is 0.455. The van der Waals surface area contributed by atoms with Crippen LogP contribution in [-0.4, -0.2) is 10.8 Å². The lowest BCUT2D eigenvalue weighted by Crippen LogP contribution is -2.18. The molecule has 1 rings (SSSR count). The fourth-order valence-corrected chi connectivity index (χ4v) is 1.13. The maximum absolute atomic E-state index is 7.24. The van der Waals surface area contributed by atoms with Crippen molar-refractivity contribution in [2.24, 2.45) is 5.73 Å². The summed E-state index contributed by atoms with van der Waals surface area (Å²) in [5.41, 5.74) is 7.17. The van der Waals surface area contributed by atoms with E-state index in [-0.39, 0.29) is 11.3 Å². The van der Waals surface area contributed by atoms with Gasteiger partial charge in [0.25, 0.3) is 0 Å². The van der Waals surface area contributed by atoms with Crippen LogP contribution in [0.4, 0.5) is 0 Å². The van der Waals surface area contributed by atoms with E-state index in [1.165, 1.54) is 0 Å². The molecule has 0 amide bonds. The van der Waals surface area contributed by atoms with Crippen LogP contribution >= 0.6 is 0 Å². The van der Waals surface area contributed by atoms with Gasteiger partial charge in [-0.2, -0.15) is 0 Å². The average Bonchev–Trinajstić information content (AvgIpc) is 2.18. The predicted octanol–water partition coefficient (Wildman–Crippen LogP) is 2.05. The van der Waals surface area contributed by atoms with Crippen molar-refractivity contribution in [1.82, 2.24) is 4.98 Å². The molecule has 0 atom stereocenters. The topological polar surface area (TPSA) is 62.8 Å². The number of nitrogen functional groups attached to an aromatic ring is 1. The van der Waals surface area contributed by atoms with Crippen molar-refractivity contribution < 1.29 is 0 Å². The highest BCUT2D eigenvalue weighted by molar-refractivity contribution is 5.94. The van der Waals surface area contributed by atoms with Gasteiger partial charge in [-0.3, -0.25) is 10.4 Å². The van der Waals surface area contributed by atoms with E-state index in [0.717, 1.165) is 12.1 Å². The van der Waals surface area contributed by atoms with E-state index in [4.69, 9.17) is 11.1 Å². The van der Waals surface area contributed by atoms with Crippen LogP contribution in [-0.2, 0) is 5.41 Å². The number of nitrogens with two attached hydrogens (primary N) is 1. The Kier molecular flexibility index (Phi) is 2.89. The van der Waals surface area contributed by atoms with Crippen molar-refractivity contribution in [3.63, 3.8) is 0 Å². The molecular formula is C11H17N3.